The van der Waals surface area contributed by atoms with E-state index in [0.717, 1.165) is 21.2 Å². The molecule has 120 valence electrons. The molecule has 0 saturated carbocycles. The van der Waals surface area contributed by atoms with E-state index in [0.29, 0.717) is 18.0 Å². The highest BCUT2D eigenvalue weighted by Crippen LogP contribution is 2.50. The first kappa shape index (κ1) is 15.3. The number of halogens is 1. The highest BCUT2D eigenvalue weighted by molar-refractivity contribution is 7.99. The minimum absolute atomic E-state index is 0.0193. The average molecular weight is 356 g/mol. The number of para-hydroxylation sites is 2. The van der Waals surface area contributed by atoms with Crippen molar-refractivity contribution in [3.05, 3.63) is 66.2 Å². The first-order valence-electron chi connectivity index (χ1n) is 7.58. The van der Waals surface area contributed by atoms with Crippen LogP contribution >= 0.6 is 23.4 Å². The molecule has 2 heterocycles. The maximum absolute atomic E-state index is 13.0. The summed E-state index contributed by atoms with van der Waals surface area (Å²) in [6, 6.07) is 13.6. The maximum atomic E-state index is 13.0. The van der Waals surface area contributed by atoms with Gasteiger partial charge in [0.05, 0.1) is 22.7 Å². The topological polar surface area (TPSA) is 38.1 Å². The zero-order chi connectivity index (χ0) is 16.5. The van der Waals surface area contributed by atoms with Crippen LogP contribution in [0.3, 0.4) is 0 Å². The predicted molar refractivity (Wildman–Crippen MR) is 96.0 cm³/mol. The minimum Gasteiger partial charge on any atom is -0.337 e. The lowest BCUT2D eigenvalue weighted by molar-refractivity contribution is -0.118. The van der Waals surface area contributed by atoms with Gasteiger partial charge in [0.15, 0.2) is 0 Å². The number of rotatable bonds is 3. The fraction of sp³-hybridized carbons (Fsp3) is 0.111. The molecule has 0 saturated heterocycles. The lowest BCUT2D eigenvalue weighted by Crippen LogP contribution is -2.29. The summed E-state index contributed by atoms with van der Waals surface area (Å²) < 4.78 is 1.90. The van der Waals surface area contributed by atoms with E-state index in [4.69, 9.17) is 11.6 Å². The molecule has 4 nitrogen and oxygen atoms in total. The number of hydrogen-bond donors (Lipinski definition) is 0. The highest BCUT2D eigenvalue weighted by atomic mass is 35.5. The molecule has 2 aromatic carbocycles. The monoisotopic (exact) mass is 355 g/mol. The third-order valence-electron chi connectivity index (χ3n) is 3.89. The smallest absolute Gasteiger partial charge is 0.233 e. The number of hydrogen-bond acceptors (Lipinski definition) is 3. The van der Waals surface area contributed by atoms with E-state index in [2.05, 4.69) is 4.98 Å². The van der Waals surface area contributed by atoms with Crippen molar-refractivity contribution in [3.63, 3.8) is 0 Å². The van der Waals surface area contributed by atoms with Crippen LogP contribution in [-0.4, -0.2) is 15.5 Å². The van der Waals surface area contributed by atoms with Crippen LogP contribution in [0.1, 0.15) is 6.42 Å². The predicted octanol–water partition coefficient (Wildman–Crippen LogP) is 4.76. The van der Waals surface area contributed by atoms with Gasteiger partial charge in [0.1, 0.15) is 0 Å². The zero-order valence-corrected chi connectivity index (χ0v) is 14.3. The van der Waals surface area contributed by atoms with Gasteiger partial charge in [-0.1, -0.05) is 41.6 Å². The Kier molecular flexibility index (Phi) is 4.04. The van der Waals surface area contributed by atoms with E-state index in [9.17, 15) is 4.79 Å². The van der Waals surface area contributed by atoms with Crippen LogP contribution in [0.15, 0.2) is 71.0 Å². The summed E-state index contributed by atoms with van der Waals surface area (Å²) in [6.07, 6.45) is 5.66. The van der Waals surface area contributed by atoms with Crippen LogP contribution in [0, 0.1) is 0 Å². The summed E-state index contributed by atoms with van der Waals surface area (Å²) in [5.74, 6) is 0.0193. The molecule has 1 amide bonds. The molecular formula is C18H14ClN3OS. The number of anilines is 2. The van der Waals surface area contributed by atoms with Crippen molar-refractivity contribution in [1.82, 2.24) is 9.55 Å². The van der Waals surface area contributed by atoms with Crippen LogP contribution in [0.5, 0.6) is 0 Å². The average Bonchev–Trinajstić information content (AvgIpc) is 3.11. The van der Waals surface area contributed by atoms with Gasteiger partial charge in [0.2, 0.25) is 5.91 Å². The summed E-state index contributed by atoms with van der Waals surface area (Å²) in [5, 5.41) is 0.588. The van der Waals surface area contributed by atoms with Crippen LogP contribution in [-0.2, 0) is 11.3 Å². The number of fused-ring (bicyclic) bond motifs is 2. The standard InChI is InChI=1S/C18H14ClN3OS/c19-13-4-3-7-16-18(13)22(14-5-1-2-6-15(14)24-16)17(23)8-10-21-11-9-20-12-21/h1-7,9,11-12H,8,10H2. The number of carbonyl (C=O) groups excluding carboxylic acids is 1. The van der Waals surface area contributed by atoms with Crippen molar-refractivity contribution in [1.29, 1.82) is 0 Å². The van der Waals surface area contributed by atoms with Gasteiger partial charge in [-0.15, -0.1) is 0 Å². The molecule has 0 spiro atoms. The summed E-state index contributed by atoms with van der Waals surface area (Å²) in [7, 11) is 0. The number of benzene rings is 2. The third kappa shape index (κ3) is 2.70. The van der Waals surface area contributed by atoms with Gasteiger partial charge in [0.25, 0.3) is 0 Å². The van der Waals surface area contributed by atoms with Gasteiger partial charge in [-0.3, -0.25) is 9.69 Å². The van der Waals surface area contributed by atoms with Gasteiger partial charge >= 0.3 is 0 Å². The fourth-order valence-corrected chi connectivity index (χ4v) is 4.18. The Labute approximate surface area is 149 Å². The SMILES string of the molecule is O=C(CCn1ccnc1)N1c2ccccc2Sc2cccc(Cl)c21. The van der Waals surface area contributed by atoms with Crippen molar-refractivity contribution >= 4 is 40.6 Å². The van der Waals surface area contributed by atoms with Crippen molar-refractivity contribution in [2.45, 2.75) is 22.8 Å². The molecule has 0 radical (unpaired) electrons. The molecule has 3 aromatic rings. The Morgan fingerprint density at radius 3 is 2.79 bits per heavy atom. The second kappa shape index (κ2) is 6.34. The maximum Gasteiger partial charge on any atom is 0.233 e. The molecular weight excluding hydrogens is 342 g/mol. The number of nitrogens with zero attached hydrogens (tertiary/aromatic N) is 3. The van der Waals surface area contributed by atoms with Crippen molar-refractivity contribution < 1.29 is 4.79 Å². The molecule has 0 atom stereocenters. The Morgan fingerprint density at radius 2 is 1.96 bits per heavy atom. The van der Waals surface area contributed by atoms with Crippen molar-refractivity contribution in [3.8, 4) is 0 Å². The second-order valence-electron chi connectivity index (χ2n) is 5.44. The molecule has 0 unspecified atom stereocenters. The zero-order valence-electron chi connectivity index (χ0n) is 12.7. The number of aryl methyl sites for hydroxylation is 1. The molecule has 0 aliphatic carbocycles. The number of carbonyl (C=O) groups is 1. The fourth-order valence-electron chi connectivity index (χ4n) is 2.78. The molecule has 1 aliphatic rings. The summed E-state index contributed by atoms with van der Waals surface area (Å²) in [5.41, 5.74) is 1.66. The number of imidazole rings is 1. The quantitative estimate of drug-likeness (QED) is 0.680. The molecule has 0 N–H and O–H groups in total. The molecule has 1 aliphatic heterocycles. The Balaban J connectivity index is 1.72. The van der Waals surface area contributed by atoms with E-state index >= 15 is 0 Å². The van der Waals surface area contributed by atoms with Crippen LogP contribution in [0.2, 0.25) is 5.02 Å². The van der Waals surface area contributed by atoms with E-state index in [1.54, 1.807) is 29.2 Å². The van der Waals surface area contributed by atoms with Gasteiger partial charge in [0, 0.05) is 35.2 Å². The Morgan fingerprint density at radius 1 is 1.12 bits per heavy atom. The molecule has 0 fully saturated rings. The first-order chi connectivity index (χ1) is 11.7. The number of aromatic nitrogens is 2. The van der Waals surface area contributed by atoms with Gasteiger partial charge in [-0.05, 0) is 24.3 Å². The van der Waals surface area contributed by atoms with Crippen molar-refractivity contribution in [2.75, 3.05) is 4.90 Å². The van der Waals surface area contributed by atoms with Crippen molar-refractivity contribution in [2.24, 2.45) is 0 Å². The van der Waals surface area contributed by atoms with Gasteiger partial charge < -0.3 is 4.57 Å². The normalized spacial score (nSPS) is 12.6. The third-order valence-corrected chi connectivity index (χ3v) is 5.31. The highest BCUT2D eigenvalue weighted by Gasteiger charge is 2.29. The Bertz CT molecular complexity index is 895. The van der Waals surface area contributed by atoms with E-state index < -0.39 is 0 Å². The molecule has 6 heteroatoms. The van der Waals surface area contributed by atoms with E-state index in [-0.39, 0.29) is 5.91 Å². The lowest BCUT2D eigenvalue weighted by Gasteiger charge is -2.31. The molecule has 4 rings (SSSR count). The van der Waals surface area contributed by atoms with E-state index in [1.165, 1.54) is 0 Å². The summed E-state index contributed by atoms with van der Waals surface area (Å²) in [6.45, 7) is 0.588. The molecule has 0 bridgehead atoms. The largest absolute Gasteiger partial charge is 0.337 e. The lowest BCUT2D eigenvalue weighted by atomic mass is 10.2. The summed E-state index contributed by atoms with van der Waals surface area (Å²) in [4.78, 5) is 20.8. The first-order valence-corrected chi connectivity index (χ1v) is 8.77. The van der Waals surface area contributed by atoms with E-state index in [1.807, 2.05) is 53.2 Å². The Hall–Kier alpha value is -2.24. The van der Waals surface area contributed by atoms with Crippen LogP contribution in [0.25, 0.3) is 0 Å². The number of amides is 1. The van der Waals surface area contributed by atoms with Crippen LogP contribution < -0.4 is 4.90 Å². The molecule has 1 aromatic heterocycles. The molecule has 24 heavy (non-hydrogen) atoms. The minimum atomic E-state index is 0.0193. The second-order valence-corrected chi connectivity index (χ2v) is 6.93. The summed E-state index contributed by atoms with van der Waals surface area (Å²) >= 11 is 8.06. The van der Waals surface area contributed by atoms with Crippen LogP contribution in [0.4, 0.5) is 11.4 Å². The van der Waals surface area contributed by atoms with Gasteiger partial charge in [-0.25, -0.2) is 4.98 Å². The van der Waals surface area contributed by atoms with Gasteiger partial charge in [-0.2, -0.15) is 0 Å².